The van der Waals surface area contributed by atoms with Gasteiger partial charge >= 0.3 is 6.61 Å². The number of methoxy groups -OCH3 is 1. The summed E-state index contributed by atoms with van der Waals surface area (Å²) in [4.78, 5) is 12.0. The number of hydrogen-bond donors (Lipinski definition) is 1. The number of nitrogens with one attached hydrogen (secondary N) is 1. The summed E-state index contributed by atoms with van der Waals surface area (Å²) in [5.41, 5.74) is 1.42. The molecule has 0 aliphatic heterocycles. The number of anilines is 1. The number of alkyl halides is 2. The average molecular weight is 356 g/mol. The molecular weight excluding hydrogens is 340 g/mol. The van der Waals surface area contributed by atoms with Gasteiger partial charge in [-0.15, -0.1) is 0 Å². The standard InChI is InChI=1S/C17H16ClF2NO3/c1-23-13-6-2-11(3-7-13)4-9-16(22)21-12-5-8-15(14(18)10-12)24-17(19)20/h2-3,5-8,10,17H,4,9H2,1H3,(H,21,22). The fourth-order valence-corrected chi connectivity index (χ4v) is 2.27. The van der Waals surface area contributed by atoms with Gasteiger partial charge in [0.2, 0.25) is 5.91 Å². The van der Waals surface area contributed by atoms with Gasteiger partial charge in [0.25, 0.3) is 0 Å². The van der Waals surface area contributed by atoms with Crippen molar-refractivity contribution in [2.45, 2.75) is 19.5 Å². The molecule has 0 spiro atoms. The van der Waals surface area contributed by atoms with Gasteiger partial charge in [0.15, 0.2) is 0 Å². The van der Waals surface area contributed by atoms with E-state index in [0.29, 0.717) is 12.1 Å². The zero-order chi connectivity index (χ0) is 17.5. The second kappa shape index (κ2) is 8.49. The van der Waals surface area contributed by atoms with Crippen LogP contribution in [0.3, 0.4) is 0 Å². The van der Waals surface area contributed by atoms with Gasteiger partial charge in [-0.2, -0.15) is 8.78 Å². The summed E-state index contributed by atoms with van der Waals surface area (Å²) in [5, 5.41) is 2.67. The lowest BCUT2D eigenvalue weighted by molar-refractivity contribution is -0.116. The zero-order valence-corrected chi connectivity index (χ0v) is 13.6. The van der Waals surface area contributed by atoms with Crippen LogP contribution in [0.5, 0.6) is 11.5 Å². The van der Waals surface area contributed by atoms with Crippen LogP contribution in [-0.4, -0.2) is 19.6 Å². The SMILES string of the molecule is COc1ccc(CCC(=O)Nc2ccc(OC(F)F)c(Cl)c2)cc1. The van der Waals surface area contributed by atoms with Crippen molar-refractivity contribution < 1.29 is 23.0 Å². The summed E-state index contributed by atoms with van der Waals surface area (Å²) in [6.07, 6.45) is 0.843. The van der Waals surface area contributed by atoms with E-state index in [1.54, 1.807) is 7.11 Å². The number of benzene rings is 2. The van der Waals surface area contributed by atoms with Crippen LogP contribution in [0.1, 0.15) is 12.0 Å². The van der Waals surface area contributed by atoms with Gasteiger partial charge in [-0.3, -0.25) is 4.79 Å². The van der Waals surface area contributed by atoms with Crippen LogP contribution in [0.15, 0.2) is 42.5 Å². The maximum Gasteiger partial charge on any atom is 0.387 e. The first-order valence-corrected chi connectivity index (χ1v) is 7.53. The number of hydrogen-bond acceptors (Lipinski definition) is 3. The highest BCUT2D eigenvalue weighted by atomic mass is 35.5. The summed E-state index contributed by atoms with van der Waals surface area (Å²) >= 11 is 5.84. The Morgan fingerprint density at radius 3 is 2.50 bits per heavy atom. The summed E-state index contributed by atoms with van der Waals surface area (Å²) in [6, 6.07) is 11.5. The summed E-state index contributed by atoms with van der Waals surface area (Å²) < 4.78 is 33.6. The van der Waals surface area contributed by atoms with Crippen LogP contribution in [0.25, 0.3) is 0 Å². The van der Waals surface area contributed by atoms with Crippen LogP contribution < -0.4 is 14.8 Å². The van der Waals surface area contributed by atoms with E-state index in [1.165, 1.54) is 18.2 Å². The Morgan fingerprint density at radius 1 is 1.21 bits per heavy atom. The molecule has 0 radical (unpaired) electrons. The van der Waals surface area contributed by atoms with E-state index in [1.807, 2.05) is 24.3 Å². The first kappa shape index (κ1) is 18.0. The molecule has 24 heavy (non-hydrogen) atoms. The molecule has 0 aliphatic carbocycles. The lowest BCUT2D eigenvalue weighted by atomic mass is 10.1. The van der Waals surface area contributed by atoms with E-state index >= 15 is 0 Å². The summed E-state index contributed by atoms with van der Waals surface area (Å²) in [5.74, 6) is 0.413. The summed E-state index contributed by atoms with van der Waals surface area (Å²) in [7, 11) is 1.59. The first-order chi connectivity index (χ1) is 11.5. The Bertz CT molecular complexity index is 693. The Hall–Kier alpha value is -2.34. The third-order valence-corrected chi connectivity index (χ3v) is 3.53. The number of ether oxygens (including phenoxy) is 2. The average Bonchev–Trinajstić information content (AvgIpc) is 2.55. The van der Waals surface area contributed by atoms with Crippen LogP contribution in [0, 0.1) is 0 Å². The minimum absolute atomic E-state index is 0.00301. The number of aryl methyl sites for hydroxylation is 1. The predicted octanol–water partition coefficient (Wildman–Crippen LogP) is 4.52. The largest absolute Gasteiger partial charge is 0.497 e. The molecule has 0 unspecified atom stereocenters. The number of rotatable bonds is 7. The molecule has 0 saturated heterocycles. The van der Waals surface area contributed by atoms with Gasteiger partial charge in [-0.1, -0.05) is 23.7 Å². The molecule has 128 valence electrons. The van der Waals surface area contributed by atoms with E-state index in [9.17, 15) is 13.6 Å². The molecule has 2 rings (SSSR count). The third-order valence-electron chi connectivity index (χ3n) is 3.23. The van der Waals surface area contributed by atoms with Crippen molar-refractivity contribution in [3.63, 3.8) is 0 Å². The van der Waals surface area contributed by atoms with E-state index in [0.717, 1.165) is 11.3 Å². The third kappa shape index (κ3) is 5.38. The van der Waals surface area contributed by atoms with Crippen LogP contribution in [0.4, 0.5) is 14.5 Å². The predicted molar refractivity (Wildman–Crippen MR) is 88.0 cm³/mol. The highest BCUT2D eigenvalue weighted by Gasteiger charge is 2.10. The molecule has 1 N–H and O–H groups in total. The maximum absolute atomic E-state index is 12.2. The molecule has 0 heterocycles. The van der Waals surface area contributed by atoms with Gasteiger partial charge in [0, 0.05) is 12.1 Å². The van der Waals surface area contributed by atoms with Crippen molar-refractivity contribution in [3.05, 3.63) is 53.1 Å². The monoisotopic (exact) mass is 355 g/mol. The number of carbonyl (C=O) groups is 1. The van der Waals surface area contributed by atoms with Gasteiger partial charge in [-0.05, 0) is 42.3 Å². The molecule has 0 aromatic heterocycles. The minimum Gasteiger partial charge on any atom is -0.497 e. The molecule has 1 amide bonds. The van der Waals surface area contributed by atoms with Crippen LogP contribution in [0.2, 0.25) is 5.02 Å². The van der Waals surface area contributed by atoms with Crippen molar-refractivity contribution in [2.24, 2.45) is 0 Å². The Labute approximate surface area is 143 Å². The lowest BCUT2D eigenvalue weighted by Crippen LogP contribution is -2.12. The molecule has 0 aliphatic rings. The quantitative estimate of drug-likeness (QED) is 0.794. The second-order valence-electron chi connectivity index (χ2n) is 4.92. The number of halogens is 3. The van der Waals surface area contributed by atoms with Crippen molar-refractivity contribution in [3.8, 4) is 11.5 Å². The summed E-state index contributed by atoms with van der Waals surface area (Å²) in [6.45, 7) is -2.95. The van der Waals surface area contributed by atoms with Crippen molar-refractivity contribution in [2.75, 3.05) is 12.4 Å². The second-order valence-corrected chi connectivity index (χ2v) is 5.33. The molecular formula is C17H16ClF2NO3. The molecule has 0 atom stereocenters. The molecule has 2 aromatic carbocycles. The number of carbonyl (C=O) groups excluding carboxylic acids is 1. The Kier molecular flexibility index (Phi) is 6.37. The van der Waals surface area contributed by atoms with Gasteiger partial charge in [-0.25, -0.2) is 0 Å². The molecule has 4 nitrogen and oxygen atoms in total. The van der Waals surface area contributed by atoms with Gasteiger partial charge < -0.3 is 14.8 Å². The lowest BCUT2D eigenvalue weighted by Gasteiger charge is -2.10. The topological polar surface area (TPSA) is 47.6 Å². The van der Waals surface area contributed by atoms with E-state index in [2.05, 4.69) is 10.1 Å². The normalized spacial score (nSPS) is 10.5. The Morgan fingerprint density at radius 2 is 1.92 bits per heavy atom. The van der Waals surface area contributed by atoms with Crippen molar-refractivity contribution >= 4 is 23.2 Å². The maximum atomic E-state index is 12.2. The van der Waals surface area contributed by atoms with Crippen molar-refractivity contribution in [1.29, 1.82) is 0 Å². The highest BCUT2D eigenvalue weighted by Crippen LogP contribution is 2.29. The van der Waals surface area contributed by atoms with Crippen LogP contribution >= 0.6 is 11.6 Å². The van der Waals surface area contributed by atoms with E-state index in [4.69, 9.17) is 16.3 Å². The van der Waals surface area contributed by atoms with Gasteiger partial charge in [0.1, 0.15) is 11.5 Å². The van der Waals surface area contributed by atoms with Gasteiger partial charge in [0.05, 0.1) is 12.1 Å². The fraction of sp³-hybridized carbons (Fsp3) is 0.235. The highest BCUT2D eigenvalue weighted by molar-refractivity contribution is 6.32. The molecule has 2 aromatic rings. The Balaban J connectivity index is 1.88. The van der Waals surface area contributed by atoms with E-state index in [-0.39, 0.29) is 23.1 Å². The fourth-order valence-electron chi connectivity index (χ4n) is 2.04. The van der Waals surface area contributed by atoms with Crippen LogP contribution in [-0.2, 0) is 11.2 Å². The smallest absolute Gasteiger partial charge is 0.387 e. The first-order valence-electron chi connectivity index (χ1n) is 7.15. The zero-order valence-electron chi connectivity index (χ0n) is 12.9. The molecule has 0 bridgehead atoms. The molecule has 0 saturated carbocycles. The molecule has 0 fully saturated rings. The minimum atomic E-state index is -2.95. The van der Waals surface area contributed by atoms with E-state index < -0.39 is 6.61 Å². The molecule has 7 heteroatoms. The van der Waals surface area contributed by atoms with Crippen molar-refractivity contribution in [1.82, 2.24) is 0 Å². The number of amides is 1.